The van der Waals surface area contributed by atoms with Gasteiger partial charge in [0.15, 0.2) is 18.1 Å². The number of ketones is 1. The Balaban J connectivity index is 1.67. The number of anilines is 1. The Labute approximate surface area is 169 Å². The molecule has 1 N–H and O–H groups in total. The van der Waals surface area contributed by atoms with E-state index < -0.39 is 0 Å². The van der Waals surface area contributed by atoms with E-state index in [9.17, 15) is 9.59 Å². The van der Waals surface area contributed by atoms with Crippen LogP contribution >= 0.6 is 0 Å². The number of hydrogen-bond donors (Lipinski definition) is 1. The Morgan fingerprint density at radius 3 is 2.31 bits per heavy atom. The number of methoxy groups -OCH3 is 1. The van der Waals surface area contributed by atoms with E-state index in [2.05, 4.69) is 5.32 Å². The largest absolute Gasteiger partial charge is 0.497 e. The third-order valence-corrected chi connectivity index (χ3v) is 4.06. The number of hydrogen-bond acceptors (Lipinski definition) is 5. The van der Waals surface area contributed by atoms with E-state index in [-0.39, 0.29) is 18.3 Å². The third kappa shape index (κ3) is 5.35. The lowest BCUT2D eigenvalue weighted by atomic mass is 10.1. The predicted molar refractivity (Wildman–Crippen MR) is 110 cm³/mol. The van der Waals surface area contributed by atoms with Crippen molar-refractivity contribution in [2.24, 2.45) is 0 Å². The normalized spacial score (nSPS) is 10.1. The number of carbonyl (C=O) groups excluding carboxylic acids is 2. The number of benzene rings is 3. The van der Waals surface area contributed by atoms with Gasteiger partial charge in [-0.1, -0.05) is 30.3 Å². The van der Waals surface area contributed by atoms with E-state index in [1.165, 1.54) is 14.0 Å². The summed E-state index contributed by atoms with van der Waals surface area (Å²) in [4.78, 5) is 24.2. The number of rotatable bonds is 8. The van der Waals surface area contributed by atoms with Crippen molar-refractivity contribution in [3.63, 3.8) is 0 Å². The molecule has 0 radical (unpaired) electrons. The van der Waals surface area contributed by atoms with Crippen molar-refractivity contribution in [2.75, 3.05) is 19.0 Å². The van der Waals surface area contributed by atoms with Crippen LogP contribution in [0.5, 0.6) is 23.0 Å². The van der Waals surface area contributed by atoms with Gasteiger partial charge in [0.05, 0.1) is 18.4 Å². The van der Waals surface area contributed by atoms with Gasteiger partial charge in [0.1, 0.15) is 17.2 Å². The zero-order chi connectivity index (χ0) is 20.6. The zero-order valence-corrected chi connectivity index (χ0v) is 16.2. The van der Waals surface area contributed by atoms with E-state index in [4.69, 9.17) is 14.2 Å². The topological polar surface area (TPSA) is 73.9 Å². The molecular weight excluding hydrogens is 370 g/mol. The summed E-state index contributed by atoms with van der Waals surface area (Å²) >= 11 is 0. The maximum atomic E-state index is 12.4. The number of amides is 1. The molecule has 0 aromatic heterocycles. The van der Waals surface area contributed by atoms with E-state index in [0.717, 1.165) is 0 Å². The Morgan fingerprint density at radius 1 is 0.862 bits per heavy atom. The Morgan fingerprint density at radius 2 is 1.59 bits per heavy atom. The van der Waals surface area contributed by atoms with E-state index in [1.54, 1.807) is 36.4 Å². The highest BCUT2D eigenvalue weighted by Gasteiger charge is 2.13. The van der Waals surface area contributed by atoms with Gasteiger partial charge in [0, 0.05) is 0 Å². The van der Waals surface area contributed by atoms with Crippen LogP contribution < -0.4 is 19.5 Å². The first kappa shape index (κ1) is 19.9. The Hall–Kier alpha value is -3.80. The summed E-state index contributed by atoms with van der Waals surface area (Å²) in [5.74, 6) is 1.48. The van der Waals surface area contributed by atoms with Crippen LogP contribution in [-0.4, -0.2) is 25.4 Å². The van der Waals surface area contributed by atoms with Gasteiger partial charge in [-0.05, 0) is 49.4 Å². The molecule has 6 heteroatoms. The van der Waals surface area contributed by atoms with Crippen LogP contribution in [0.2, 0.25) is 0 Å². The molecule has 0 saturated heterocycles. The van der Waals surface area contributed by atoms with Crippen molar-refractivity contribution < 1.29 is 23.8 Å². The van der Waals surface area contributed by atoms with Gasteiger partial charge in [-0.15, -0.1) is 0 Å². The SMILES string of the molecule is COc1ccc(OCC(=O)Nc2ccccc2Oc2ccccc2)c(C(C)=O)c1. The number of para-hydroxylation sites is 3. The highest BCUT2D eigenvalue weighted by atomic mass is 16.5. The molecular formula is C23H21NO5. The zero-order valence-electron chi connectivity index (χ0n) is 16.2. The Bertz CT molecular complexity index is 1000. The average Bonchev–Trinajstić information content (AvgIpc) is 2.74. The second kappa shape index (κ2) is 9.41. The molecule has 1 amide bonds. The first-order valence-corrected chi connectivity index (χ1v) is 9.00. The monoisotopic (exact) mass is 391 g/mol. The summed E-state index contributed by atoms with van der Waals surface area (Å²) in [6.45, 7) is 1.17. The molecule has 0 unspecified atom stereocenters. The summed E-state index contributed by atoms with van der Waals surface area (Å²) in [7, 11) is 1.52. The fraction of sp³-hybridized carbons (Fsp3) is 0.130. The van der Waals surface area contributed by atoms with E-state index in [0.29, 0.717) is 34.2 Å². The summed E-state index contributed by atoms with van der Waals surface area (Å²) in [6, 6.07) is 21.3. The molecule has 3 rings (SSSR count). The predicted octanol–water partition coefficient (Wildman–Crippen LogP) is 4.71. The molecule has 3 aromatic carbocycles. The molecule has 0 atom stereocenters. The maximum absolute atomic E-state index is 12.4. The smallest absolute Gasteiger partial charge is 0.262 e. The van der Waals surface area contributed by atoms with Gasteiger partial charge in [0.25, 0.3) is 5.91 Å². The van der Waals surface area contributed by atoms with Crippen molar-refractivity contribution in [3.8, 4) is 23.0 Å². The average molecular weight is 391 g/mol. The lowest BCUT2D eigenvalue weighted by molar-refractivity contribution is -0.118. The highest BCUT2D eigenvalue weighted by Crippen LogP contribution is 2.29. The van der Waals surface area contributed by atoms with E-state index >= 15 is 0 Å². The van der Waals surface area contributed by atoms with Crippen LogP contribution in [0.25, 0.3) is 0 Å². The molecule has 0 saturated carbocycles. The summed E-state index contributed by atoms with van der Waals surface area (Å²) in [5, 5.41) is 2.77. The highest BCUT2D eigenvalue weighted by molar-refractivity contribution is 5.97. The van der Waals surface area contributed by atoms with E-state index in [1.807, 2.05) is 36.4 Å². The molecule has 6 nitrogen and oxygen atoms in total. The van der Waals surface area contributed by atoms with Crippen molar-refractivity contribution in [3.05, 3.63) is 78.4 Å². The maximum Gasteiger partial charge on any atom is 0.262 e. The number of carbonyl (C=O) groups is 2. The van der Waals surface area contributed by atoms with Crippen LogP contribution in [0.1, 0.15) is 17.3 Å². The van der Waals surface area contributed by atoms with Gasteiger partial charge in [0.2, 0.25) is 0 Å². The molecule has 3 aromatic rings. The molecule has 148 valence electrons. The van der Waals surface area contributed by atoms with Crippen LogP contribution in [0.3, 0.4) is 0 Å². The summed E-state index contributed by atoms with van der Waals surface area (Å²) in [6.07, 6.45) is 0. The minimum Gasteiger partial charge on any atom is -0.497 e. The van der Waals surface area contributed by atoms with Gasteiger partial charge in [-0.2, -0.15) is 0 Å². The first-order valence-electron chi connectivity index (χ1n) is 9.00. The van der Waals surface area contributed by atoms with Crippen molar-refractivity contribution in [1.82, 2.24) is 0 Å². The van der Waals surface area contributed by atoms with Gasteiger partial charge in [-0.25, -0.2) is 0 Å². The van der Waals surface area contributed by atoms with Gasteiger partial charge in [-0.3, -0.25) is 9.59 Å². The lowest BCUT2D eigenvalue weighted by Gasteiger charge is -2.14. The molecule has 0 aliphatic rings. The second-order valence-corrected chi connectivity index (χ2v) is 6.17. The summed E-state index contributed by atoms with van der Waals surface area (Å²) < 4.78 is 16.5. The van der Waals surface area contributed by atoms with Crippen molar-refractivity contribution >= 4 is 17.4 Å². The van der Waals surface area contributed by atoms with Crippen LogP contribution in [0.4, 0.5) is 5.69 Å². The molecule has 0 spiro atoms. The van der Waals surface area contributed by atoms with Gasteiger partial charge >= 0.3 is 0 Å². The molecule has 0 bridgehead atoms. The standard InChI is InChI=1S/C23H21NO5/c1-16(25)19-14-18(27-2)12-13-21(19)28-15-23(26)24-20-10-6-7-11-22(20)29-17-8-4-3-5-9-17/h3-14H,15H2,1-2H3,(H,24,26). The first-order chi connectivity index (χ1) is 14.1. The summed E-state index contributed by atoms with van der Waals surface area (Å²) in [5.41, 5.74) is 0.872. The number of nitrogens with one attached hydrogen (secondary N) is 1. The number of Topliss-reactive ketones (excluding diaryl/α,β-unsaturated/α-hetero) is 1. The second-order valence-electron chi connectivity index (χ2n) is 6.17. The quantitative estimate of drug-likeness (QED) is 0.563. The van der Waals surface area contributed by atoms with Crippen LogP contribution in [0.15, 0.2) is 72.8 Å². The Kier molecular flexibility index (Phi) is 6.47. The third-order valence-electron chi connectivity index (χ3n) is 4.06. The van der Waals surface area contributed by atoms with Crippen molar-refractivity contribution in [2.45, 2.75) is 6.92 Å². The minimum atomic E-state index is -0.376. The van der Waals surface area contributed by atoms with Crippen LogP contribution in [0, 0.1) is 0 Å². The molecule has 0 aliphatic heterocycles. The van der Waals surface area contributed by atoms with Crippen molar-refractivity contribution in [1.29, 1.82) is 0 Å². The lowest BCUT2D eigenvalue weighted by Crippen LogP contribution is -2.21. The number of ether oxygens (including phenoxy) is 3. The molecule has 0 heterocycles. The fourth-order valence-corrected chi connectivity index (χ4v) is 2.64. The minimum absolute atomic E-state index is 0.180. The van der Waals surface area contributed by atoms with Crippen LogP contribution in [-0.2, 0) is 4.79 Å². The van der Waals surface area contributed by atoms with Gasteiger partial charge < -0.3 is 19.5 Å². The molecule has 0 aliphatic carbocycles. The molecule has 29 heavy (non-hydrogen) atoms. The molecule has 0 fully saturated rings. The fourth-order valence-electron chi connectivity index (χ4n) is 2.64.